The molecule has 2 aromatic rings. The standard InChI is InChI=1S/C22H30N2O2S.ClH/c1-2-3-15-26-20-11-6-5-10-18(20)22(25)23-17-19(21-12-9-16-27-21)24-13-7-4-8-14-24;/h5-6,9-12,16,19H,2-4,7-8,13-15,17H2,1H3,(H,23,25);1H. The second kappa shape index (κ2) is 12.1. The van der Waals surface area contributed by atoms with Gasteiger partial charge in [0.05, 0.1) is 18.2 Å². The molecule has 4 nitrogen and oxygen atoms in total. The summed E-state index contributed by atoms with van der Waals surface area (Å²) in [6.07, 6.45) is 5.86. The number of amides is 1. The Kier molecular flexibility index (Phi) is 9.82. The van der Waals surface area contributed by atoms with E-state index in [-0.39, 0.29) is 24.4 Å². The maximum Gasteiger partial charge on any atom is 0.255 e. The highest BCUT2D eigenvalue weighted by Crippen LogP contribution is 2.28. The van der Waals surface area contributed by atoms with E-state index in [2.05, 4.69) is 34.7 Å². The lowest BCUT2D eigenvalue weighted by molar-refractivity contribution is 0.0921. The number of hydrogen-bond acceptors (Lipinski definition) is 4. The number of hydrogen-bond donors (Lipinski definition) is 1. The Balaban J connectivity index is 0.00000280. The fourth-order valence-corrected chi connectivity index (χ4v) is 4.37. The molecule has 0 spiro atoms. The number of carbonyl (C=O) groups excluding carboxylic acids is 1. The minimum absolute atomic E-state index is 0. The first kappa shape index (κ1) is 22.7. The van der Waals surface area contributed by atoms with E-state index >= 15 is 0 Å². The van der Waals surface area contributed by atoms with Crippen LogP contribution in [0.5, 0.6) is 5.75 Å². The number of thiophene rings is 1. The van der Waals surface area contributed by atoms with Gasteiger partial charge in [0.25, 0.3) is 5.91 Å². The van der Waals surface area contributed by atoms with Crippen LogP contribution in [0.1, 0.15) is 60.3 Å². The molecule has 1 N–H and O–H groups in total. The van der Waals surface area contributed by atoms with Crippen LogP contribution in [0.2, 0.25) is 0 Å². The van der Waals surface area contributed by atoms with Gasteiger partial charge < -0.3 is 10.1 Å². The maximum atomic E-state index is 12.8. The lowest BCUT2D eigenvalue weighted by atomic mass is 10.1. The summed E-state index contributed by atoms with van der Waals surface area (Å²) in [7, 11) is 0. The highest BCUT2D eigenvalue weighted by Gasteiger charge is 2.24. The van der Waals surface area contributed by atoms with E-state index in [9.17, 15) is 4.79 Å². The fourth-order valence-electron chi connectivity index (χ4n) is 3.51. The molecule has 1 aliphatic rings. The van der Waals surface area contributed by atoms with Crippen molar-refractivity contribution in [3.8, 4) is 5.75 Å². The molecule has 3 rings (SSSR count). The largest absolute Gasteiger partial charge is 0.493 e. The van der Waals surface area contributed by atoms with Crippen molar-refractivity contribution >= 4 is 29.7 Å². The van der Waals surface area contributed by atoms with Gasteiger partial charge >= 0.3 is 0 Å². The first-order chi connectivity index (χ1) is 13.3. The average molecular weight is 423 g/mol. The molecule has 1 saturated heterocycles. The number of nitrogens with one attached hydrogen (secondary N) is 1. The van der Waals surface area contributed by atoms with Crippen LogP contribution in [0, 0.1) is 0 Å². The smallest absolute Gasteiger partial charge is 0.255 e. The van der Waals surface area contributed by atoms with E-state index in [1.54, 1.807) is 11.3 Å². The number of unbranched alkanes of at least 4 members (excludes halogenated alkanes) is 1. The van der Waals surface area contributed by atoms with Crippen LogP contribution in [0.3, 0.4) is 0 Å². The van der Waals surface area contributed by atoms with Gasteiger partial charge in [-0.2, -0.15) is 0 Å². The molecule has 1 atom stereocenters. The van der Waals surface area contributed by atoms with Gasteiger partial charge in [0.2, 0.25) is 0 Å². The Labute approximate surface area is 178 Å². The van der Waals surface area contributed by atoms with Crippen molar-refractivity contribution in [1.29, 1.82) is 0 Å². The molecule has 1 unspecified atom stereocenters. The molecule has 28 heavy (non-hydrogen) atoms. The topological polar surface area (TPSA) is 41.6 Å². The molecular weight excluding hydrogens is 392 g/mol. The zero-order valence-corrected chi connectivity index (χ0v) is 18.2. The molecule has 0 aliphatic carbocycles. The molecule has 1 amide bonds. The second-order valence-corrected chi connectivity index (χ2v) is 8.02. The number of piperidine rings is 1. The van der Waals surface area contributed by atoms with Crippen LogP contribution in [0.4, 0.5) is 0 Å². The van der Waals surface area contributed by atoms with Crippen molar-refractivity contribution in [3.05, 3.63) is 52.2 Å². The predicted molar refractivity (Wildman–Crippen MR) is 119 cm³/mol. The third kappa shape index (κ3) is 6.23. The summed E-state index contributed by atoms with van der Waals surface area (Å²) < 4.78 is 5.82. The molecule has 6 heteroatoms. The Bertz CT molecular complexity index is 702. The van der Waals surface area contributed by atoms with Gasteiger partial charge in [-0.3, -0.25) is 9.69 Å². The van der Waals surface area contributed by atoms with E-state index in [1.165, 1.54) is 24.1 Å². The van der Waals surface area contributed by atoms with Crippen molar-refractivity contribution in [2.75, 3.05) is 26.2 Å². The zero-order valence-electron chi connectivity index (χ0n) is 16.6. The quantitative estimate of drug-likeness (QED) is 0.557. The van der Waals surface area contributed by atoms with Gasteiger partial charge in [0, 0.05) is 11.4 Å². The van der Waals surface area contributed by atoms with E-state index in [0.29, 0.717) is 24.5 Å². The number of nitrogens with zero attached hydrogens (tertiary/aromatic N) is 1. The first-order valence-electron chi connectivity index (χ1n) is 10.1. The number of likely N-dealkylation sites (tertiary alicyclic amines) is 1. The van der Waals surface area contributed by atoms with Gasteiger partial charge in [-0.05, 0) is 55.9 Å². The van der Waals surface area contributed by atoms with E-state index in [1.807, 2.05) is 24.3 Å². The summed E-state index contributed by atoms with van der Waals surface area (Å²) in [5.74, 6) is 0.620. The SMILES string of the molecule is CCCCOc1ccccc1C(=O)NCC(c1cccs1)N1CCCCC1.Cl. The van der Waals surface area contributed by atoms with E-state index < -0.39 is 0 Å². The van der Waals surface area contributed by atoms with Crippen molar-refractivity contribution in [1.82, 2.24) is 10.2 Å². The Hall–Kier alpha value is -1.56. The Morgan fingerprint density at radius 2 is 1.96 bits per heavy atom. The van der Waals surface area contributed by atoms with Crippen molar-refractivity contribution in [2.45, 2.75) is 45.1 Å². The van der Waals surface area contributed by atoms with Gasteiger partial charge in [0.1, 0.15) is 5.75 Å². The summed E-state index contributed by atoms with van der Waals surface area (Å²) >= 11 is 1.77. The summed E-state index contributed by atoms with van der Waals surface area (Å²) in [5, 5.41) is 5.28. The molecular formula is C22H31ClN2O2S. The number of benzene rings is 1. The van der Waals surface area contributed by atoms with Gasteiger partial charge in [-0.25, -0.2) is 0 Å². The summed E-state index contributed by atoms with van der Waals surface area (Å²) in [6, 6.07) is 12.1. The predicted octanol–water partition coefficient (Wildman–Crippen LogP) is 5.31. The van der Waals surface area contributed by atoms with Crippen LogP contribution in [-0.4, -0.2) is 37.0 Å². The Morgan fingerprint density at radius 3 is 2.68 bits per heavy atom. The fraction of sp³-hybridized carbons (Fsp3) is 0.500. The van der Waals surface area contributed by atoms with Crippen LogP contribution >= 0.6 is 23.7 Å². The minimum atomic E-state index is -0.0549. The minimum Gasteiger partial charge on any atom is -0.493 e. The number of para-hydroxylation sites is 1. The van der Waals surface area contributed by atoms with Gasteiger partial charge in [-0.15, -0.1) is 23.7 Å². The summed E-state index contributed by atoms with van der Waals surface area (Å²) in [5.41, 5.74) is 0.622. The first-order valence-corrected chi connectivity index (χ1v) is 10.9. The molecule has 154 valence electrons. The van der Waals surface area contributed by atoms with Crippen LogP contribution in [0.15, 0.2) is 41.8 Å². The van der Waals surface area contributed by atoms with Crippen molar-refractivity contribution in [2.24, 2.45) is 0 Å². The van der Waals surface area contributed by atoms with E-state index in [0.717, 1.165) is 25.9 Å². The molecule has 1 fully saturated rings. The van der Waals surface area contributed by atoms with Crippen LogP contribution < -0.4 is 10.1 Å². The summed E-state index contributed by atoms with van der Waals surface area (Å²) in [6.45, 7) is 5.62. The van der Waals surface area contributed by atoms with E-state index in [4.69, 9.17) is 4.74 Å². The third-order valence-electron chi connectivity index (χ3n) is 5.05. The Morgan fingerprint density at radius 1 is 1.18 bits per heavy atom. The lowest BCUT2D eigenvalue weighted by Gasteiger charge is -2.34. The average Bonchev–Trinajstić information content (AvgIpc) is 3.24. The second-order valence-electron chi connectivity index (χ2n) is 7.04. The monoisotopic (exact) mass is 422 g/mol. The van der Waals surface area contributed by atoms with Gasteiger partial charge in [0.15, 0.2) is 0 Å². The summed E-state index contributed by atoms with van der Waals surface area (Å²) in [4.78, 5) is 16.7. The molecule has 0 saturated carbocycles. The lowest BCUT2D eigenvalue weighted by Crippen LogP contribution is -2.40. The molecule has 0 bridgehead atoms. The normalized spacial score (nSPS) is 15.5. The highest BCUT2D eigenvalue weighted by atomic mass is 35.5. The zero-order chi connectivity index (χ0) is 18.9. The number of ether oxygens (including phenoxy) is 1. The molecule has 0 radical (unpaired) electrons. The maximum absolute atomic E-state index is 12.8. The molecule has 2 heterocycles. The van der Waals surface area contributed by atoms with Crippen LogP contribution in [0.25, 0.3) is 0 Å². The van der Waals surface area contributed by atoms with Crippen LogP contribution in [-0.2, 0) is 0 Å². The van der Waals surface area contributed by atoms with Gasteiger partial charge in [-0.1, -0.05) is 38.0 Å². The van der Waals surface area contributed by atoms with Crippen molar-refractivity contribution < 1.29 is 9.53 Å². The molecule has 1 aliphatic heterocycles. The third-order valence-corrected chi connectivity index (χ3v) is 6.02. The number of halogens is 1. The molecule has 1 aromatic heterocycles. The highest BCUT2D eigenvalue weighted by molar-refractivity contribution is 7.10. The number of rotatable bonds is 9. The molecule has 1 aromatic carbocycles. The van der Waals surface area contributed by atoms with Crippen molar-refractivity contribution in [3.63, 3.8) is 0 Å². The number of carbonyl (C=O) groups is 1.